The van der Waals surface area contributed by atoms with Crippen molar-refractivity contribution in [1.29, 1.82) is 0 Å². The molecule has 2 N–H and O–H groups in total. The van der Waals surface area contributed by atoms with Crippen molar-refractivity contribution in [3.63, 3.8) is 0 Å². The maximum absolute atomic E-state index is 11.4. The zero-order chi connectivity index (χ0) is 27.5. The van der Waals surface area contributed by atoms with Crippen molar-refractivity contribution in [3.05, 3.63) is 59.4 Å². The van der Waals surface area contributed by atoms with Crippen LogP contribution in [0.3, 0.4) is 0 Å². The van der Waals surface area contributed by atoms with Crippen molar-refractivity contribution in [1.82, 2.24) is 9.97 Å². The summed E-state index contributed by atoms with van der Waals surface area (Å²) in [5, 5.41) is 9.35. The number of hydrogen-bond acceptors (Lipinski definition) is 3. The first-order valence-electron chi connectivity index (χ1n) is 15.6. The molecule has 0 aliphatic carbocycles. The van der Waals surface area contributed by atoms with E-state index < -0.39 is 5.97 Å². The monoisotopic (exact) mass is 534 g/mol. The molecule has 1 aromatic heterocycles. The molecule has 3 aromatic rings. The normalized spacial score (nSPS) is 11.3. The quantitative estimate of drug-likeness (QED) is 0.126. The van der Waals surface area contributed by atoms with Gasteiger partial charge in [0.2, 0.25) is 0 Å². The average Bonchev–Trinajstić information content (AvgIpc) is 3.37. The maximum atomic E-state index is 11.4. The summed E-state index contributed by atoms with van der Waals surface area (Å²) in [5.74, 6) is 0.783. The Hall–Kier alpha value is -2.82. The van der Waals surface area contributed by atoms with Crippen molar-refractivity contribution >= 4 is 17.0 Å². The molecule has 5 nitrogen and oxygen atoms in total. The van der Waals surface area contributed by atoms with Crippen LogP contribution in [0.4, 0.5) is 0 Å². The Kier molecular flexibility index (Phi) is 14.5. The average molecular weight is 535 g/mol. The van der Waals surface area contributed by atoms with Crippen molar-refractivity contribution in [3.8, 4) is 5.75 Å². The fourth-order valence-corrected chi connectivity index (χ4v) is 5.23. The molecule has 0 spiro atoms. The molecule has 0 radical (unpaired) electrons. The predicted octanol–water partition coefficient (Wildman–Crippen LogP) is 9.69. The minimum atomic E-state index is -0.950. The first-order chi connectivity index (χ1) is 19.2. The van der Waals surface area contributed by atoms with Crippen molar-refractivity contribution in [2.45, 2.75) is 122 Å². The molecule has 0 amide bonds. The third-order valence-corrected chi connectivity index (χ3v) is 7.63. The number of aromatic carboxylic acids is 1. The van der Waals surface area contributed by atoms with E-state index in [1.54, 1.807) is 12.1 Å². The summed E-state index contributed by atoms with van der Waals surface area (Å²) in [5.41, 5.74) is 2.74. The zero-order valence-corrected chi connectivity index (χ0v) is 24.2. The van der Waals surface area contributed by atoms with Crippen molar-refractivity contribution < 1.29 is 14.6 Å². The number of hydrogen-bond donors (Lipinski definition) is 2. The molecule has 5 heteroatoms. The highest BCUT2D eigenvalue weighted by molar-refractivity contribution is 6.00. The number of aromatic nitrogens is 2. The summed E-state index contributed by atoms with van der Waals surface area (Å²) in [7, 11) is 0. The Morgan fingerprint density at radius 2 is 1.31 bits per heavy atom. The van der Waals surface area contributed by atoms with Crippen LogP contribution in [-0.4, -0.2) is 27.7 Å². The number of rotatable bonds is 22. The van der Waals surface area contributed by atoms with Gasteiger partial charge in [-0.05, 0) is 42.7 Å². The Morgan fingerprint density at radius 3 is 1.87 bits per heavy atom. The number of carboxylic acids is 1. The van der Waals surface area contributed by atoms with E-state index in [9.17, 15) is 9.90 Å². The van der Waals surface area contributed by atoms with Gasteiger partial charge in [0.05, 0.1) is 17.7 Å². The summed E-state index contributed by atoms with van der Waals surface area (Å²) in [6.07, 6.45) is 23.6. The molecule has 0 bridgehead atoms. The number of nitrogens with zero attached hydrogens (tertiary/aromatic N) is 1. The van der Waals surface area contributed by atoms with E-state index >= 15 is 0 Å². The van der Waals surface area contributed by atoms with E-state index in [0.717, 1.165) is 43.0 Å². The van der Waals surface area contributed by atoms with Crippen LogP contribution in [-0.2, 0) is 12.8 Å². The molecule has 0 unspecified atom stereocenters. The van der Waals surface area contributed by atoms with Crippen LogP contribution in [0.1, 0.15) is 131 Å². The van der Waals surface area contributed by atoms with Gasteiger partial charge < -0.3 is 14.8 Å². The number of benzene rings is 2. The van der Waals surface area contributed by atoms with Gasteiger partial charge in [-0.15, -0.1) is 0 Å². The number of unbranched alkanes of at least 4 members (excludes halogenated alkanes) is 15. The molecule has 0 aliphatic rings. The third-order valence-electron chi connectivity index (χ3n) is 7.63. The van der Waals surface area contributed by atoms with Gasteiger partial charge in [0.15, 0.2) is 0 Å². The number of fused-ring (bicyclic) bond motifs is 1. The van der Waals surface area contributed by atoms with Gasteiger partial charge in [0.25, 0.3) is 0 Å². The number of H-pyrrole nitrogens is 1. The summed E-state index contributed by atoms with van der Waals surface area (Å²) < 4.78 is 5.94. The lowest BCUT2D eigenvalue weighted by Crippen LogP contribution is -1.98. The predicted molar refractivity (Wildman–Crippen MR) is 162 cm³/mol. The Morgan fingerprint density at radius 1 is 0.744 bits per heavy atom. The highest BCUT2D eigenvalue weighted by Crippen LogP contribution is 2.19. The lowest BCUT2D eigenvalue weighted by molar-refractivity contribution is 0.0699. The molecule has 0 saturated heterocycles. The van der Waals surface area contributed by atoms with E-state index in [4.69, 9.17) is 4.74 Å². The molecular weight excluding hydrogens is 484 g/mol. The van der Waals surface area contributed by atoms with Crippen LogP contribution in [0.25, 0.3) is 11.0 Å². The molecule has 2 aromatic carbocycles. The molecule has 214 valence electrons. The number of aryl methyl sites for hydroxylation is 2. The van der Waals surface area contributed by atoms with Gasteiger partial charge in [0, 0.05) is 6.42 Å². The molecular formula is C34H50N2O3. The molecule has 0 fully saturated rings. The zero-order valence-electron chi connectivity index (χ0n) is 24.2. The van der Waals surface area contributed by atoms with Gasteiger partial charge in [-0.1, -0.05) is 121 Å². The molecule has 0 atom stereocenters. The largest absolute Gasteiger partial charge is 0.494 e. The second-order valence-corrected chi connectivity index (χ2v) is 11.0. The lowest BCUT2D eigenvalue weighted by Gasteiger charge is -2.07. The number of ether oxygens (including phenoxy) is 1. The fraction of sp³-hybridized carbons (Fsp3) is 0.588. The molecule has 39 heavy (non-hydrogen) atoms. The molecule has 0 saturated carbocycles. The van der Waals surface area contributed by atoms with E-state index in [0.29, 0.717) is 5.52 Å². The topological polar surface area (TPSA) is 75.2 Å². The first-order valence-corrected chi connectivity index (χ1v) is 15.6. The lowest BCUT2D eigenvalue weighted by atomic mass is 10.0. The van der Waals surface area contributed by atoms with Gasteiger partial charge in [-0.3, -0.25) is 0 Å². The summed E-state index contributed by atoms with van der Waals surface area (Å²) in [6.45, 7) is 3.07. The Bertz CT molecular complexity index is 1070. The summed E-state index contributed by atoms with van der Waals surface area (Å²) in [4.78, 5) is 19.2. The number of para-hydroxylation sites is 1. The van der Waals surface area contributed by atoms with E-state index in [1.165, 1.54) is 102 Å². The van der Waals surface area contributed by atoms with Crippen molar-refractivity contribution in [2.75, 3.05) is 6.61 Å². The smallest absolute Gasteiger partial charge is 0.337 e. The standard InChI is InChI=1S/C34H50N2O3/c1-2-3-4-5-6-7-8-9-10-11-12-13-14-15-16-17-27-39-29-24-21-28(22-25-29)23-26-32-35-31-20-18-19-30(34(37)38)33(31)36-32/h18-22,24-25H,2-17,23,26-27H2,1H3,(H,35,36)(H,37,38). The molecule has 0 aliphatic heterocycles. The van der Waals surface area contributed by atoms with Crippen molar-refractivity contribution in [2.24, 2.45) is 0 Å². The second kappa shape index (κ2) is 18.5. The minimum absolute atomic E-state index is 0.237. The fourth-order valence-electron chi connectivity index (χ4n) is 5.23. The summed E-state index contributed by atoms with van der Waals surface area (Å²) in [6, 6.07) is 13.5. The Balaban J connectivity index is 1.17. The van der Waals surface area contributed by atoms with Crippen LogP contribution in [0.2, 0.25) is 0 Å². The van der Waals surface area contributed by atoms with Crippen LogP contribution < -0.4 is 4.74 Å². The number of imidazole rings is 1. The van der Waals surface area contributed by atoms with E-state index in [2.05, 4.69) is 29.0 Å². The van der Waals surface area contributed by atoms with E-state index in [-0.39, 0.29) is 5.56 Å². The van der Waals surface area contributed by atoms with Crippen LogP contribution in [0.5, 0.6) is 5.75 Å². The number of carboxylic acid groups (broad SMARTS) is 1. The minimum Gasteiger partial charge on any atom is -0.494 e. The highest BCUT2D eigenvalue weighted by Gasteiger charge is 2.12. The van der Waals surface area contributed by atoms with Gasteiger partial charge in [-0.25, -0.2) is 9.78 Å². The van der Waals surface area contributed by atoms with Gasteiger partial charge in [0.1, 0.15) is 17.1 Å². The first kappa shape index (κ1) is 30.7. The number of carbonyl (C=O) groups is 1. The van der Waals surface area contributed by atoms with E-state index in [1.807, 2.05) is 18.2 Å². The molecule has 3 rings (SSSR count). The van der Waals surface area contributed by atoms with Crippen LogP contribution >= 0.6 is 0 Å². The SMILES string of the molecule is CCCCCCCCCCCCCCCCCCOc1ccc(CCc2nc3c(C(=O)O)cccc3[nH]2)cc1. The second-order valence-electron chi connectivity index (χ2n) is 11.0. The Labute approximate surface area is 235 Å². The van der Waals surface area contributed by atoms with Crippen LogP contribution in [0, 0.1) is 0 Å². The van der Waals surface area contributed by atoms with Gasteiger partial charge in [-0.2, -0.15) is 0 Å². The maximum Gasteiger partial charge on any atom is 0.337 e. The van der Waals surface area contributed by atoms with Crippen LogP contribution in [0.15, 0.2) is 42.5 Å². The highest BCUT2D eigenvalue weighted by atomic mass is 16.5. The van der Waals surface area contributed by atoms with Gasteiger partial charge >= 0.3 is 5.97 Å². The third kappa shape index (κ3) is 11.8. The molecule has 1 heterocycles. The summed E-state index contributed by atoms with van der Waals surface area (Å²) >= 11 is 0. The number of aromatic amines is 1. The number of nitrogens with one attached hydrogen (secondary N) is 1.